The summed E-state index contributed by atoms with van der Waals surface area (Å²) in [6, 6.07) is 5.82. The lowest BCUT2D eigenvalue weighted by molar-refractivity contribution is -0.116. The van der Waals surface area contributed by atoms with Crippen LogP contribution in [0.2, 0.25) is 0 Å². The predicted molar refractivity (Wildman–Crippen MR) is 68.0 cm³/mol. The normalized spacial score (nSPS) is 18.0. The maximum absolute atomic E-state index is 13.5. The molecule has 0 aromatic heterocycles. The SMILES string of the molecule is N#Cc1ccc(NC(=O)CCC2CCCO2)c(F)c1. The number of anilines is 1. The van der Waals surface area contributed by atoms with Crippen molar-refractivity contribution in [1.29, 1.82) is 5.26 Å². The molecule has 1 heterocycles. The van der Waals surface area contributed by atoms with Crippen LogP contribution in [0.15, 0.2) is 18.2 Å². The van der Waals surface area contributed by atoms with Gasteiger partial charge < -0.3 is 10.1 Å². The summed E-state index contributed by atoms with van der Waals surface area (Å²) in [5.41, 5.74) is 0.339. The number of ether oxygens (including phenoxy) is 1. The van der Waals surface area contributed by atoms with Gasteiger partial charge in [-0.05, 0) is 37.5 Å². The Hall–Kier alpha value is -1.93. The number of benzene rings is 1. The van der Waals surface area contributed by atoms with Crippen molar-refractivity contribution in [1.82, 2.24) is 0 Å². The summed E-state index contributed by atoms with van der Waals surface area (Å²) < 4.78 is 19.0. The first-order valence-electron chi connectivity index (χ1n) is 6.30. The zero-order chi connectivity index (χ0) is 13.7. The van der Waals surface area contributed by atoms with Crippen molar-refractivity contribution in [3.8, 4) is 6.07 Å². The zero-order valence-electron chi connectivity index (χ0n) is 10.5. The highest BCUT2D eigenvalue weighted by Crippen LogP contribution is 2.19. The van der Waals surface area contributed by atoms with E-state index in [-0.39, 0.29) is 23.3 Å². The van der Waals surface area contributed by atoms with E-state index in [0.29, 0.717) is 12.8 Å². The molecule has 1 aromatic carbocycles. The molecule has 1 unspecified atom stereocenters. The number of carbonyl (C=O) groups excluding carboxylic acids is 1. The molecule has 1 aromatic rings. The number of rotatable bonds is 4. The Morgan fingerprint density at radius 1 is 1.58 bits per heavy atom. The quantitative estimate of drug-likeness (QED) is 0.907. The average molecular weight is 262 g/mol. The van der Waals surface area contributed by atoms with Crippen LogP contribution in [0.25, 0.3) is 0 Å². The number of hydrogen-bond donors (Lipinski definition) is 1. The Morgan fingerprint density at radius 3 is 3.05 bits per heavy atom. The fourth-order valence-corrected chi connectivity index (χ4v) is 2.06. The van der Waals surface area contributed by atoms with E-state index in [1.807, 2.05) is 6.07 Å². The minimum absolute atomic E-state index is 0.108. The molecule has 1 N–H and O–H groups in total. The number of amides is 1. The fraction of sp³-hybridized carbons (Fsp3) is 0.429. The van der Waals surface area contributed by atoms with Gasteiger partial charge in [-0.2, -0.15) is 5.26 Å². The molecule has 0 bridgehead atoms. The van der Waals surface area contributed by atoms with Crippen LogP contribution in [0.1, 0.15) is 31.2 Å². The molecule has 0 spiro atoms. The lowest BCUT2D eigenvalue weighted by Crippen LogP contribution is -2.16. The molecule has 5 heteroatoms. The second-order valence-corrected chi connectivity index (χ2v) is 4.53. The molecule has 1 saturated heterocycles. The van der Waals surface area contributed by atoms with Crippen molar-refractivity contribution in [2.45, 2.75) is 31.8 Å². The predicted octanol–water partition coefficient (Wildman–Crippen LogP) is 2.60. The van der Waals surface area contributed by atoms with E-state index in [2.05, 4.69) is 5.32 Å². The molecule has 100 valence electrons. The van der Waals surface area contributed by atoms with Gasteiger partial charge >= 0.3 is 0 Å². The maximum Gasteiger partial charge on any atom is 0.224 e. The van der Waals surface area contributed by atoms with Crippen LogP contribution in [0.3, 0.4) is 0 Å². The van der Waals surface area contributed by atoms with E-state index in [9.17, 15) is 9.18 Å². The summed E-state index contributed by atoms with van der Waals surface area (Å²) in [7, 11) is 0. The van der Waals surface area contributed by atoms with E-state index >= 15 is 0 Å². The standard InChI is InChI=1S/C14H15FN2O2/c15-12-8-10(9-16)3-5-13(12)17-14(18)6-4-11-2-1-7-19-11/h3,5,8,11H,1-2,4,6-7H2,(H,17,18). The number of carbonyl (C=O) groups is 1. The van der Waals surface area contributed by atoms with Gasteiger partial charge in [0.1, 0.15) is 5.82 Å². The van der Waals surface area contributed by atoms with Crippen molar-refractivity contribution in [3.63, 3.8) is 0 Å². The third kappa shape index (κ3) is 3.76. The van der Waals surface area contributed by atoms with E-state index in [0.717, 1.165) is 25.5 Å². The van der Waals surface area contributed by atoms with Gasteiger partial charge in [0.05, 0.1) is 23.4 Å². The number of nitrogens with zero attached hydrogens (tertiary/aromatic N) is 1. The van der Waals surface area contributed by atoms with E-state index < -0.39 is 5.82 Å². The average Bonchev–Trinajstić information content (AvgIpc) is 2.92. The van der Waals surface area contributed by atoms with Crippen LogP contribution < -0.4 is 5.32 Å². The number of hydrogen-bond acceptors (Lipinski definition) is 3. The van der Waals surface area contributed by atoms with Gasteiger partial charge in [-0.1, -0.05) is 0 Å². The van der Waals surface area contributed by atoms with Crippen LogP contribution in [-0.2, 0) is 9.53 Å². The lowest BCUT2D eigenvalue weighted by atomic mass is 10.1. The highest BCUT2D eigenvalue weighted by Gasteiger charge is 2.17. The molecule has 1 aliphatic heterocycles. The van der Waals surface area contributed by atoms with Gasteiger partial charge in [0.15, 0.2) is 0 Å². The monoisotopic (exact) mass is 262 g/mol. The highest BCUT2D eigenvalue weighted by molar-refractivity contribution is 5.90. The molecular formula is C14H15FN2O2. The van der Waals surface area contributed by atoms with E-state index in [1.165, 1.54) is 12.1 Å². The van der Waals surface area contributed by atoms with Crippen molar-refractivity contribution < 1.29 is 13.9 Å². The van der Waals surface area contributed by atoms with Gasteiger partial charge in [-0.15, -0.1) is 0 Å². The second kappa shape index (κ2) is 6.30. The topological polar surface area (TPSA) is 62.1 Å². The van der Waals surface area contributed by atoms with Crippen LogP contribution in [-0.4, -0.2) is 18.6 Å². The van der Waals surface area contributed by atoms with Crippen LogP contribution in [0.5, 0.6) is 0 Å². The summed E-state index contributed by atoms with van der Waals surface area (Å²) in [4.78, 5) is 11.7. The summed E-state index contributed by atoms with van der Waals surface area (Å²) in [6.45, 7) is 0.760. The van der Waals surface area contributed by atoms with E-state index in [1.54, 1.807) is 0 Å². The summed E-state index contributed by atoms with van der Waals surface area (Å²) in [5.74, 6) is -0.830. The Labute approximate surface area is 111 Å². The van der Waals surface area contributed by atoms with Crippen molar-refractivity contribution in [3.05, 3.63) is 29.6 Å². The Kier molecular flexibility index (Phi) is 4.48. The molecule has 1 fully saturated rings. The molecule has 1 amide bonds. The molecule has 0 radical (unpaired) electrons. The fourth-order valence-electron chi connectivity index (χ4n) is 2.06. The Balaban J connectivity index is 1.86. The molecule has 1 atom stereocenters. The summed E-state index contributed by atoms with van der Waals surface area (Å²) in [6.07, 6.45) is 3.14. The third-order valence-electron chi connectivity index (χ3n) is 3.09. The largest absolute Gasteiger partial charge is 0.378 e. The first-order valence-corrected chi connectivity index (χ1v) is 6.30. The zero-order valence-corrected chi connectivity index (χ0v) is 10.5. The van der Waals surface area contributed by atoms with Crippen molar-refractivity contribution in [2.24, 2.45) is 0 Å². The molecule has 4 nitrogen and oxygen atoms in total. The van der Waals surface area contributed by atoms with Gasteiger partial charge in [-0.3, -0.25) is 4.79 Å². The number of nitrogens with one attached hydrogen (secondary N) is 1. The molecule has 19 heavy (non-hydrogen) atoms. The first kappa shape index (κ1) is 13.5. The lowest BCUT2D eigenvalue weighted by Gasteiger charge is -2.10. The molecule has 0 saturated carbocycles. The Bertz CT molecular complexity index is 505. The minimum atomic E-state index is -0.593. The van der Waals surface area contributed by atoms with Crippen molar-refractivity contribution >= 4 is 11.6 Å². The molecule has 0 aliphatic carbocycles. The minimum Gasteiger partial charge on any atom is -0.378 e. The Morgan fingerprint density at radius 2 is 2.42 bits per heavy atom. The van der Waals surface area contributed by atoms with Crippen LogP contribution in [0, 0.1) is 17.1 Å². The maximum atomic E-state index is 13.5. The van der Waals surface area contributed by atoms with E-state index in [4.69, 9.17) is 10.00 Å². The van der Waals surface area contributed by atoms with Crippen LogP contribution in [0.4, 0.5) is 10.1 Å². The first-order chi connectivity index (χ1) is 9.19. The van der Waals surface area contributed by atoms with Crippen molar-refractivity contribution in [2.75, 3.05) is 11.9 Å². The molecular weight excluding hydrogens is 247 g/mol. The number of nitriles is 1. The second-order valence-electron chi connectivity index (χ2n) is 4.53. The summed E-state index contributed by atoms with van der Waals surface area (Å²) >= 11 is 0. The molecule has 2 rings (SSSR count). The summed E-state index contributed by atoms with van der Waals surface area (Å²) in [5, 5.41) is 11.1. The van der Waals surface area contributed by atoms with Crippen LogP contribution >= 0.6 is 0 Å². The number of halogens is 1. The molecule has 1 aliphatic rings. The van der Waals surface area contributed by atoms with Gasteiger partial charge in [-0.25, -0.2) is 4.39 Å². The van der Waals surface area contributed by atoms with Gasteiger partial charge in [0, 0.05) is 13.0 Å². The highest BCUT2D eigenvalue weighted by atomic mass is 19.1. The van der Waals surface area contributed by atoms with Gasteiger partial charge in [0.25, 0.3) is 0 Å². The third-order valence-corrected chi connectivity index (χ3v) is 3.09. The van der Waals surface area contributed by atoms with Gasteiger partial charge in [0.2, 0.25) is 5.91 Å². The smallest absolute Gasteiger partial charge is 0.224 e.